The first-order valence-electron chi connectivity index (χ1n) is 10.5. The minimum Gasteiger partial charge on any atom is -0.338 e. The summed E-state index contributed by atoms with van der Waals surface area (Å²) in [6, 6.07) is 11.0. The molecule has 2 aromatic heterocycles. The number of piperidine rings is 1. The molecule has 0 aliphatic carbocycles. The first-order chi connectivity index (χ1) is 14.8. The van der Waals surface area contributed by atoms with Crippen LogP contribution in [0.1, 0.15) is 47.4 Å². The van der Waals surface area contributed by atoms with Gasteiger partial charge in [-0.1, -0.05) is 6.07 Å². The molecule has 9 heteroatoms. The largest absolute Gasteiger partial charge is 0.338 e. The van der Waals surface area contributed by atoms with Crippen molar-refractivity contribution < 1.29 is 13.2 Å². The van der Waals surface area contributed by atoms with Gasteiger partial charge in [0.2, 0.25) is 10.0 Å². The lowest BCUT2D eigenvalue weighted by molar-refractivity contribution is 0.0704. The maximum atomic E-state index is 13.3. The van der Waals surface area contributed by atoms with Crippen LogP contribution in [-0.4, -0.2) is 59.2 Å². The first kappa shape index (κ1) is 20.0. The topological polar surface area (TPSA) is 87.9 Å². The summed E-state index contributed by atoms with van der Waals surface area (Å²) in [7, 11) is -3.35. The molecule has 5 rings (SSSR count). The molecule has 162 valence electrons. The van der Waals surface area contributed by atoms with E-state index in [9.17, 15) is 13.2 Å². The third kappa shape index (κ3) is 3.46. The number of hydrogen-bond donors (Lipinski definition) is 0. The van der Waals surface area contributed by atoms with Gasteiger partial charge in [-0.15, -0.1) is 10.2 Å². The maximum Gasteiger partial charge on any atom is 0.253 e. The fourth-order valence-electron chi connectivity index (χ4n) is 4.93. The molecule has 1 saturated heterocycles. The fraction of sp³-hybridized carbons (Fsp3) is 0.409. The lowest BCUT2D eigenvalue weighted by Gasteiger charge is -2.32. The minimum atomic E-state index is -3.35. The standard InChI is InChI=1S/C22H25N5O3S/c1-15-12-18-13-16(8-9-19(18)27(15)31(2,29)30)22(28)25-10-5-6-17(14-25)21-24-23-20-7-3-4-11-26(20)21/h3-4,7-9,11,13,15,17H,5-6,10,12,14H2,1-2H3. The third-order valence-corrected chi connectivity index (χ3v) is 7.52. The van der Waals surface area contributed by atoms with Crippen molar-refractivity contribution in [3.8, 4) is 0 Å². The van der Waals surface area contributed by atoms with Crippen LogP contribution in [0.5, 0.6) is 0 Å². The van der Waals surface area contributed by atoms with Crippen LogP contribution in [0.4, 0.5) is 5.69 Å². The average molecular weight is 440 g/mol. The van der Waals surface area contributed by atoms with Crippen LogP contribution < -0.4 is 4.31 Å². The molecule has 2 atom stereocenters. The van der Waals surface area contributed by atoms with Crippen molar-refractivity contribution >= 4 is 27.3 Å². The van der Waals surface area contributed by atoms with Crippen LogP contribution >= 0.6 is 0 Å². The quantitative estimate of drug-likeness (QED) is 0.626. The van der Waals surface area contributed by atoms with Gasteiger partial charge in [0.1, 0.15) is 5.82 Å². The molecule has 0 radical (unpaired) electrons. The molecular formula is C22H25N5O3S. The number of fused-ring (bicyclic) bond motifs is 2. The fourth-order valence-corrected chi connectivity index (χ4v) is 6.20. The van der Waals surface area contributed by atoms with E-state index in [1.165, 1.54) is 10.6 Å². The number of pyridine rings is 1. The first-order valence-corrected chi connectivity index (χ1v) is 12.4. The zero-order valence-corrected chi connectivity index (χ0v) is 18.4. The number of aromatic nitrogens is 3. The lowest BCUT2D eigenvalue weighted by Crippen LogP contribution is -2.39. The highest BCUT2D eigenvalue weighted by Gasteiger charge is 2.34. The Hall–Kier alpha value is -2.94. The number of rotatable bonds is 3. The zero-order valence-electron chi connectivity index (χ0n) is 17.6. The van der Waals surface area contributed by atoms with Gasteiger partial charge in [-0.3, -0.25) is 13.5 Å². The van der Waals surface area contributed by atoms with Crippen LogP contribution in [0, 0.1) is 0 Å². The SMILES string of the molecule is CC1Cc2cc(C(=O)N3CCCC(c4nnc5ccccn45)C3)ccc2N1S(C)(=O)=O. The Morgan fingerprint density at radius 1 is 1.16 bits per heavy atom. The molecule has 0 bridgehead atoms. The van der Waals surface area contributed by atoms with Crippen molar-refractivity contribution in [2.24, 2.45) is 0 Å². The third-order valence-electron chi connectivity index (χ3n) is 6.25. The number of amides is 1. The molecule has 31 heavy (non-hydrogen) atoms. The van der Waals surface area contributed by atoms with Gasteiger partial charge < -0.3 is 4.90 Å². The molecule has 2 aliphatic rings. The van der Waals surface area contributed by atoms with Crippen LogP contribution in [-0.2, 0) is 16.4 Å². The lowest BCUT2D eigenvalue weighted by atomic mass is 9.96. The van der Waals surface area contributed by atoms with E-state index in [2.05, 4.69) is 10.2 Å². The van der Waals surface area contributed by atoms with Crippen molar-refractivity contribution in [1.82, 2.24) is 19.5 Å². The summed E-state index contributed by atoms with van der Waals surface area (Å²) < 4.78 is 27.7. The Kier molecular flexibility index (Phi) is 4.73. The Bertz CT molecular complexity index is 1270. The van der Waals surface area contributed by atoms with Crippen LogP contribution in [0.25, 0.3) is 5.65 Å². The average Bonchev–Trinajstić information content (AvgIpc) is 3.32. The van der Waals surface area contributed by atoms with Gasteiger partial charge in [0, 0.05) is 36.8 Å². The van der Waals surface area contributed by atoms with E-state index in [0.29, 0.717) is 30.8 Å². The molecule has 1 fully saturated rings. The van der Waals surface area contributed by atoms with Gasteiger partial charge in [0.15, 0.2) is 5.65 Å². The molecule has 2 unspecified atom stereocenters. The summed E-state index contributed by atoms with van der Waals surface area (Å²) in [6.45, 7) is 3.19. The van der Waals surface area contributed by atoms with Gasteiger partial charge in [-0.05, 0) is 62.1 Å². The van der Waals surface area contributed by atoms with Crippen molar-refractivity contribution in [3.05, 3.63) is 59.5 Å². The molecular weight excluding hydrogens is 414 g/mol. The van der Waals surface area contributed by atoms with Gasteiger partial charge in [-0.25, -0.2) is 8.42 Å². The second-order valence-electron chi connectivity index (χ2n) is 8.53. The number of hydrogen-bond acceptors (Lipinski definition) is 5. The smallest absolute Gasteiger partial charge is 0.253 e. The van der Waals surface area contributed by atoms with E-state index in [-0.39, 0.29) is 17.9 Å². The number of likely N-dealkylation sites (tertiary alicyclic amines) is 1. The predicted molar refractivity (Wildman–Crippen MR) is 118 cm³/mol. The molecule has 0 saturated carbocycles. The van der Waals surface area contributed by atoms with Crippen molar-refractivity contribution in [1.29, 1.82) is 0 Å². The van der Waals surface area contributed by atoms with E-state index in [0.717, 1.165) is 29.9 Å². The van der Waals surface area contributed by atoms with Crippen molar-refractivity contribution in [2.45, 2.75) is 38.1 Å². The molecule has 0 N–H and O–H groups in total. The highest BCUT2D eigenvalue weighted by atomic mass is 32.2. The second kappa shape index (κ2) is 7.33. The highest BCUT2D eigenvalue weighted by molar-refractivity contribution is 7.92. The molecule has 0 spiro atoms. The predicted octanol–water partition coefficient (Wildman–Crippen LogP) is 2.46. The van der Waals surface area contributed by atoms with E-state index >= 15 is 0 Å². The Morgan fingerprint density at radius 2 is 2.00 bits per heavy atom. The van der Waals surface area contributed by atoms with Gasteiger partial charge in [-0.2, -0.15) is 0 Å². The highest BCUT2D eigenvalue weighted by Crippen LogP contribution is 2.35. The van der Waals surface area contributed by atoms with Crippen LogP contribution in [0.3, 0.4) is 0 Å². The summed E-state index contributed by atoms with van der Waals surface area (Å²) in [6.07, 6.45) is 5.66. The van der Waals surface area contributed by atoms with E-state index in [4.69, 9.17) is 0 Å². The summed E-state index contributed by atoms with van der Waals surface area (Å²) in [4.78, 5) is 15.2. The van der Waals surface area contributed by atoms with Crippen molar-refractivity contribution in [2.75, 3.05) is 23.7 Å². The number of carbonyl (C=O) groups excluding carboxylic acids is 1. The molecule has 8 nitrogen and oxygen atoms in total. The summed E-state index contributed by atoms with van der Waals surface area (Å²) in [5.74, 6) is 0.997. The van der Waals surface area contributed by atoms with E-state index in [1.807, 2.05) is 46.7 Å². The van der Waals surface area contributed by atoms with Crippen molar-refractivity contribution in [3.63, 3.8) is 0 Å². The molecule has 4 heterocycles. The van der Waals surface area contributed by atoms with Gasteiger partial charge in [0.05, 0.1) is 11.9 Å². The number of benzene rings is 1. The summed E-state index contributed by atoms with van der Waals surface area (Å²) in [5.41, 5.74) is 3.00. The zero-order chi connectivity index (χ0) is 21.8. The molecule has 1 amide bonds. The Morgan fingerprint density at radius 3 is 2.81 bits per heavy atom. The second-order valence-corrected chi connectivity index (χ2v) is 10.4. The van der Waals surface area contributed by atoms with Crippen LogP contribution in [0.15, 0.2) is 42.6 Å². The normalized spacial score (nSPS) is 21.5. The Labute approximate surface area is 181 Å². The molecule has 1 aromatic carbocycles. The van der Waals surface area contributed by atoms with E-state index < -0.39 is 10.0 Å². The van der Waals surface area contributed by atoms with E-state index in [1.54, 1.807) is 12.1 Å². The van der Waals surface area contributed by atoms with Gasteiger partial charge >= 0.3 is 0 Å². The number of sulfonamides is 1. The van der Waals surface area contributed by atoms with Crippen LogP contribution in [0.2, 0.25) is 0 Å². The monoisotopic (exact) mass is 439 g/mol. The number of nitrogens with zero attached hydrogens (tertiary/aromatic N) is 5. The molecule has 3 aromatic rings. The Balaban J connectivity index is 1.39. The minimum absolute atomic E-state index is 0.0215. The van der Waals surface area contributed by atoms with Gasteiger partial charge in [0.25, 0.3) is 5.91 Å². The number of anilines is 1. The number of carbonyl (C=O) groups is 1. The molecule has 2 aliphatic heterocycles. The maximum absolute atomic E-state index is 13.3. The summed E-state index contributed by atoms with van der Waals surface area (Å²) in [5, 5.41) is 8.64. The summed E-state index contributed by atoms with van der Waals surface area (Å²) >= 11 is 0.